The molecule has 0 aliphatic heterocycles. The van der Waals surface area contributed by atoms with Crippen molar-refractivity contribution in [1.29, 1.82) is 0 Å². The lowest BCUT2D eigenvalue weighted by Gasteiger charge is -2.23. The third-order valence-corrected chi connectivity index (χ3v) is 5.25. The van der Waals surface area contributed by atoms with Gasteiger partial charge in [0, 0.05) is 18.2 Å². The summed E-state index contributed by atoms with van der Waals surface area (Å²) in [4.78, 5) is 14.1. The van der Waals surface area contributed by atoms with E-state index in [0.29, 0.717) is 18.2 Å². The van der Waals surface area contributed by atoms with Gasteiger partial charge < -0.3 is 24.6 Å². The van der Waals surface area contributed by atoms with Gasteiger partial charge in [0.25, 0.3) is 0 Å². The van der Waals surface area contributed by atoms with Crippen molar-refractivity contribution in [3.8, 4) is 17.1 Å². The molecule has 0 amide bonds. The monoisotopic (exact) mass is 391 g/mol. The Morgan fingerprint density at radius 3 is 2.86 bits per heavy atom. The largest absolute Gasteiger partial charge is 0.494 e. The van der Waals surface area contributed by atoms with E-state index in [0.717, 1.165) is 13.0 Å². The Morgan fingerprint density at radius 2 is 2.18 bits per heavy atom. The normalized spacial score (nSPS) is 14.6. The van der Waals surface area contributed by atoms with Crippen LogP contribution in [0, 0.1) is 5.82 Å². The van der Waals surface area contributed by atoms with Gasteiger partial charge in [0.15, 0.2) is 28.7 Å². The Balaban J connectivity index is 1.66. The number of methoxy groups -OCH3 is 1. The molecule has 1 fully saturated rings. The summed E-state index contributed by atoms with van der Waals surface area (Å²) in [6.07, 6.45) is 5.95. The fraction of sp³-hybridized carbons (Fsp3) is 0.500. The molecule has 8 heteroatoms. The molecule has 0 saturated heterocycles. The van der Waals surface area contributed by atoms with E-state index >= 15 is 0 Å². The van der Waals surface area contributed by atoms with Crippen LogP contribution in [0.4, 0.5) is 10.2 Å². The van der Waals surface area contributed by atoms with Crippen LogP contribution in [0.3, 0.4) is 0 Å². The van der Waals surface area contributed by atoms with E-state index in [2.05, 4.69) is 22.4 Å². The molecular weight excluding hydrogens is 365 g/mol. The molecule has 0 spiro atoms. The lowest BCUT2D eigenvalue weighted by molar-refractivity contribution is 0.0698. The highest BCUT2D eigenvalue weighted by atomic mass is 19.1. The number of carbonyl (C=O) groups is 1. The van der Waals surface area contributed by atoms with Crippen LogP contribution in [-0.4, -0.2) is 54.4 Å². The van der Waals surface area contributed by atoms with E-state index in [9.17, 15) is 14.3 Å². The Kier molecular flexibility index (Phi) is 6.51. The predicted octanol–water partition coefficient (Wildman–Crippen LogP) is 3.86. The van der Waals surface area contributed by atoms with Gasteiger partial charge in [0.2, 0.25) is 0 Å². The number of nitrogens with zero attached hydrogens (tertiary/aromatic N) is 2. The number of halogens is 1. The van der Waals surface area contributed by atoms with Gasteiger partial charge in [-0.05, 0) is 51.1 Å². The van der Waals surface area contributed by atoms with Crippen LogP contribution < -0.4 is 10.1 Å². The molecule has 152 valence electrons. The zero-order chi connectivity index (χ0) is 20.1. The van der Waals surface area contributed by atoms with Crippen LogP contribution in [0.1, 0.15) is 42.5 Å². The maximum atomic E-state index is 13.6. The molecule has 1 aromatic heterocycles. The molecule has 0 unspecified atom stereocenters. The molecule has 7 nitrogen and oxygen atoms in total. The second-order valence-electron chi connectivity index (χ2n) is 7.09. The molecule has 0 atom stereocenters. The Morgan fingerprint density at radius 1 is 1.43 bits per heavy atom. The average Bonchev–Trinajstić information content (AvgIpc) is 3.35. The standard InChI is InChI=1S/C20H26FN3O4/c1-24(14-6-3-4-7-14)11-5-10-22-19-17(20(25)26)18(28-23-19)13-8-9-15(21)16(12-13)27-2/h8-9,12,14H,3-7,10-11H2,1-2H3,(H,22,23)(H,25,26). The Labute approximate surface area is 163 Å². The first kappa shape index (κ1) is 20.1. The van der Waals surface area contributed by atoms with E-state index in [1.165, 1.54) is 51.0 Å². The van der Waals surface area contributed by atoms with Crippen molar-refractivity contribution in [3.63, 3.8) is 0 Å². The minimum atomic E-state index is -1.16. The molecule has 1 aliphatic carbocycles. The number of aromatic carboxylic acids is 1. The molecular formula is C20H26FN3O4. The zero-order valence-electron chi connectivity index (χ0n) is 16.2. The predicted molar refractivity (Wildman–Crippen MR) is 103 cm³/mol. The minimum absolute atomic E-state index is 0.00898. The van der Waals surface area contributed by atoms with Gasteiger partial charge in [0.05, 0.1) is 7.11 Å². The van der Waals surface area contributed by atoms with Crippen molar-refractivity contribution < 1.29 is 23.6 Å². The van der Waals surface area contributed by atoms with Crippen molar-refractivity contribution in [2.24, 2.45) is 0 Å². The lowest BCUT2D eigenvalue weighted by Crippen LogP contribution is -2.31. The fourth-order valence-electron chi connectivity index (χ4n) is 3.67. The van der Waals surface area contributed by atoms with E-state index < -0.39 is 11.8 Å². The molecule has 28 heavy (non-hydrogen) atoms. The number of hydrogen-bond donors (Lipinski definition) is 2. The van der Waals surface area contributed by atoms with E-state index in [4.69, 9.17) is 9.26 Å². The number of rotatable bonds is 9. The van der Waals surface area contributed by atoms with Crippen molar-refractivity contribution >= 4 is 11.8 Å². The summed E-state index contributed by atoms with van der Waals surface area (Å²) >= 11 is 0. The highest BCUT2D eigenvalue weighted by Crippen LogP contribution is 2.32. The second kappa shape index (κ2) is 9.05. The summed E-state index contributed by atoms with van der Waals surface area (Å²) in [7, 11) is 3.48. The number of nitrogens with one attached hydrogen (secondary N) is 1. The number of hydrogen-bond acceptors (Lipinski definition) is 6. The van der Waals surface area contributed by atoms with E-state index in [-0.39, 0.29) is 22.9 Å². The average molecular weight is 391 g/mol. The smallest absolute Gasteiger partial charge is 0.343 e. The van der Waals surface area contributed by atoms with Crippen LogP contribution in [0.25, 0.3) is 11.3 Å². The minimum Gasteiger partial charge on any atom is -0.494 e. The van der Waals surface area contributed by atoms with Gasteiger partial charge in [-0.25, -0.2) is 9.18 Å². The van der Waals surface area contributed by atoms with Crippen molar-refractivity contribution in [2.45, 2.75) is 38.1 Å². The number of anilines is 1. The van der Waals surface area contributed by atoms with Crippen molar-refractivity contribution in [1.82, 2.24) is 10.1 Å². The molecule has 1 aromatic carbocycles. The molecule has 1 heterocycles. The summed E-state index contributed by atoms with van der Waals surface area (Å²) in [5.41, 5.74) is 0.315. The van der Waals surface area contributed by atoms with E-state index in [1.807, 2.05) is 0 Å². The van der Waals surface area contributed by atoms with Crippen LogP contribution in [0.15, 0.2) is 22.7 Å². The topological polar surface area (TPSA) is 87.8 Å². The number of ether oxygens (including phenoxy) is 1. The first-order valence-corrected chi connectivity index (χ1v) is 9.52. The third-order valence-electron chi connectivity index (χ3n) is 5.25. The highest BCUT2D eigenvalue weighted by Gasteiger charge is 2.25. The molecule has 3 rings (SSSR count). The quantitative estimate of drug-likeness (QED) is 0.628. The SMILES string of the molecule is COc1cc(-c2onc(NCCCN(C)C3CCCC3)c2C(=O)O)ccc1F. The van der Waals surface area contributed by atoms with Gasteiger partial charge >= 0.3 is 5.97 Å². The van der Waals surface area contributed by atoms with Crippen molar-refractivity contribution in [3.05, 3.63) is 29.6 Å². The van der Waals surface area contributed by atoms with Gasteiger partial charge in [0.1, 0.15) is 0 Å². The van der Waals surface area contributed by atoms with Gasteiger partial charge in [-0.2, -0.15) is 0 Å². The second-order valence-corrected chi connectivity index (χ2v) is 7.09. The van der Waals surface area contributed by atoms with Crippen LogP contribution >= 0.6 is 0 Å². The maximum absolute atomic E-state index is 13.6. The molecule has 1 saturated carbocycles. The number of aromatic nitrogens is 1. The Bertz CT molecular complexity index is 818. The van der Waals surface area contributed by atoms with Gasteiger partial charge in [-0.3, -0.25) is 0 Å². The lowest BCUT2D eigenvalue weighted by atomic mass is 10.1. The van der Waals surface area contributed by atoms with Crippen molar-refractivity contribution in [2.75, 3.05) is 32.6 Å². The fourth-order valence-corrected chi connectivity index (χ4v) is 3.67. The van der Waals surface area contributed by atoms with Crippen LogP contribution in [-0.2, 0) is 0 Å². The van der Waals surface area contributed by atoms with Crippen LogP contribution in [0.2, 0.25) is 0 Å². The zero-order valence-corrected chi connectivity index (χ0v) is 16.2. The third kappa shape index (κ3) is 4.44. The summed E-state index contributed by atoms with van der Waals surface area (Å²) in [6.45, 7) is 1.51. The maximum Gasteiger partial charge on any atom is 0.343 e. The summed E-state index contributed by atoms with van der Waals surface area (Å²) in [6, 6.07) is 4.68. The number of carboxylic acid groups (broad SMARTS) is 1. The molecule has 1 aliphatic rings. The molecule has 2 N–H and O–H groups in total. The Hall–Kier alpha value is -2.61. The van der Waals surface area contributed by atoms with Gasteiger partial charge in [-0.15, -0.1) is 0 Å². The van der Waals surface area contributed by atoms with Gasteiger partial charge in [-0.1, -0.05) is 18.0 Å². The molecule has 0 radical (unpaired) electrons. The molecule has 0 bridgehead atoms. The first-order valence-electron chi connectivity index (χ1n) is 9.52. The highest BCUT2D eigenvalue weighted by molar-refractivity contribution is 5.99. The number of carboxylic acids is 1. The molecule has 2 aromatic rings. The first-order chi connectivity index (χ1) is 13.5. The summed E-state index contributed by atoms with van der Waals surface area (Å²) in [5, 5.41) is 16.5. The summed E-state index contributed by atoms with van der Waals surface area (Å²) in [5.74, 6) is -1.45. The number of benzene rings is 1. The summed E-state index contributed by atoms with van der Waals surface area (Å²) < 4.78 is 23.8. The van der Waals surface area contributed by atoms with Crippen LogP contribution in [0.5, 0.6) is 5.75 Å². The van der Waals surface area contributed by atoms with E-state index in [1.54, 1.807) is 0 Å².